The summed E-state index contributed by atoms with van der Waals surface area (Å²) < 4.78 is 23.1. The molecule has 14 heteroatoms. The van der Waals surface area contributed by atoms with Crippen molar-refractivity contribution in [2.75, 3.05) is 13.7 Å². The number of fused-ring (bicyclic) bond motifs is 3. The summed E-state index contributed by atoms with van der Waals surface area (Å²) in [6, 6.07) is -1.11. The Kier molecular flexibility index (Phi) is 19.8. The second kappa shape index (κ2) is 24.2. The Bertz CT molecular complexity index is 1700. The van der Waals surface area contributed by atoms with Gasteiger partial charge >= 0.3 is 12.1 Å². The summed E-state index contributed by atoms with van der Waals surface area (Å²) in [5.41, 5.74) is 6.61. The van der Waals surface area contributed by atoms with Crippen LogP contribution >= 0.6 is 0 Å². The van der Waals surface area contributed by atoms with E-state index in [0.29, 0.717) is 69.8 Å². The molecule has 1 unspecified atom stereocenters. The number of carbonyl (C=O) groups excluding carboxylic acids is 6. The van der Waals surface area contributed by atoms with Crippen molar-refractivity contribution in [1.29, 1.82) is 0 Å². The largest absolute Gasteiger partial charge is 0.460 e. The maximum Gasteiger partial charge on any atom is 0.404 e. The van der Waals surface area contributed by atoms with Crippen molar-refractivity contribution in [3.8, 4) is 0 Å². The van der Waals surface area contributed by atoms with Crippen LogP contribution in [0.4, 0.5) is 4.79 Å². The minimum atomic E-state index is -2.38. The molecular formula is C48H72N2O12. The Morgan fingerprint density at radius 1 is 0.887 bits per heavy atom. The number of rotatable bonds is 5. The number of aliphatic hydroxyl groups is 2. The van der Waals surface area contributed by atoms with Crippen molar-refractivity contribution >= 4 is 35.3 Å². The summed E-state index contributed by atoms with van der Waals surface area (Å²) in [7, 11) is 1.57. The molecule has 4 aliphatic rings. The highest BCUT2D eigenvalue weighted by atomic mass is 16.6. The van der Waals surface area contributed by atoms with Gasteiger partial charge in [-0.2, -0.15) is 0 Å². The molecule has 0 radical (unpaired) electrons. The van der Waals surface area contributed by atoms with Crippen LogP contribution in [-0.4, -0.2) is 106 Å². The van der Waals surface area contributed by atoms with Gasteiger partial charge in [-0.15, -0.1) is 0 Å². The lowest BCUT2D eigenvalue weighted by atomic mass is 9.83. The molecule has 2 saturated heterocycles. The molecule has 3 heterocycles. The van der Waals surface area contributed by atoms with E-state index in [1.807, 2.05) is 51.2 Å². The first-order valence-corrected chi connectivity index (χ1v) is 22.8. The monoisotopic (exact) mass is 869 g/mol. The fourth-order valence-corrected chi connectivity index (χ4v) is 9.25. The van der Waals surface area contributed by atoms with Crippen molar-refractivity contribution in [1.82, 2.24) is 4.90 Å². The maximum atomic E-state index is 14.1. The number of Topliss-reactive ketones (excluding diaryl/α,β-unsaturated/α-hetero) is 3. The molecule has 0 aromatic rings. The van der Waals surface area contributed by atoms with E-state index < -0.39 is 65.9 Å². The topological polar surface area (TPSA) is 209 Å². The van der Waals surface area contributed by atoms with Gasteiger partial charge in [0.05, 0.1) is 18.3 Å². The summed E-state index contributed by atoms with van der Waals surface area (Å²) >= 11 is 0. The maximum absolute atomic E-state index is 14.1. The van der Waals surface area contributed by atoms with Crippen molar-refractivity contribution in [2.24, 2.45) is 29.4 Å². The zero-order valence-electron chi connectivity index (χ0n) is 37.8. The van der Waals surface area contributed by atoms with Crippen molar-refractivity contribution in [3.63, 3.8) is 0 Å². The van der Waals surface area contributed by atoms with Gasteiger partial charge in [0.15, 0.2) is 0 Å². The average molecular weight is 869 g/mol. The summed E-state index contributed by atoms with van der Waals surface area (Å²) in [6.45, 7) is 9.29. The lowest BCUT2D eigenvalue weighted by molar-refractivity contribution is -0.245. The van der Waals surface area contributed by atoms with Gasteiger partial charge in [0.1, 0.15) is 29.8 Å². The predicted molar refractivity (Wildman–Crippen MR) is 232 cm³/mol. The Hall–Kier alpha value is -3.98. The molecule has 9 atom stereocenters. The van der Waals surface area contributed by atoms with Crippen LogP contribution in [0.15, 0.2) is 47.6 Å². The molecule has 62 heavy (non-hydrogen) atoms. The molecule has 0 aromatic carbocycles. The molecular weight excluding hydrogens is 797 g/mol. The summed E-state index contributed by atoms with van der Waals surface area (Å²) in [4.78, 5) is 81.5. The molecule has 2 bridgehead atoms. The Morgan fingerprint density at radius 2 is 1.61 bits per heavy atom. The number of nitrogens with zero attached hydrogens (tertiary/aromatic N) is 1. The van der Waals surface area contributed by atoms with Gasteiger partial charge in [-0.05, 0) is 114 Å². The number of nitrogens with two attached hydrogens (primary N) is 1. The lowest BCUT2D eigenvalue weighted by Crippen LogP contribution is -2.58. The van der Waals surface area contributed by atoms with Gasteiger partial charge in [-0.3, -0.25) is 19.2 Å². The number of cyclic esters (lactones) is 1. The first-order chi connectivity index (χ1) is 29.4. The number of allylic oxidation sites excluding steroid dienone is 6. The lowest BCUT2D eigenvalue weighted by Gasteiger charge is -2.39. The van der Waals surface area contributed by atoms with Crippen LogP contribution in [0.25, 0.3) is 0 Å². The molecule has 4 N–H and O–H groups in total. The molecule has 0 aromatic heterocycles. The normalized spacial score (nSPS) is 36.1. The molecule has 1 aliphatic carbocycles. The van der Waals surface area contributed by atoms with Gasteiger partial charge in [0.2, 0.25) is 5.79 Å². The first-order valence-electron chi connectivity index (χ1n) is 22.8. The third-order valence-electron chi connectivity index (χ3n) is 13.2. The second-order valence-electron chi connectivity index (χ2n) is 18.3. The number of carbonyl (C=O) groups is 6. The number of methoxy groups -OCH3 is 1. The second-order valence-corrected chi connectivity index (χ2v) is 18.3. The van der Waals surface area contributed by atoms with Crippen LogP contribution in [0.2, 0.25) is 0 Å². The molecule has 4 rings (SSSR count). The Morgan fingerprint density at radius 3 is 2.31 bits per heavy atom. The van der Waals surface area contributed by atoms with E-state index in [4.69, 9.17) is 24.7 Å². The number of hydrogen-bond donors (Lipinski definition) is 3. The fourth-order valence-electron chi connectivity index (χ4n) is 9.25. The van der Waals surface area contributed by atoms with E-state index in [-0.39, 0.29) is 67.7 Å². The van der Waals surface area contributed by atoms with Crippen molar-refractivity contribution in [2.45, 2.75) is 180 Å². The SMILES string of the molecule is CO[C@H]1CC2CCC[C@@](O)(O2)C(=O)C(=O)N2CCCC[C@H]2C(=O)O[C@H](CCC2CCC(OC(N)=O)CC2)CC(=O)[C@H](C)/C=C(\C)[C@@H](O)CC(=O)[C@H](C)C[C@H](C)/C=C/C=CC=C1C. The van der Waals surface area contributed by atoms with Gasteiger partial charge < -0.3 is 39.8 Å². The molecule has 2 amide bonds. The van der Waals surface area contributed by atoms with Crippen LogP contribution in [0.5, 0.6) is 0 Å². The van der Waals surface area contributed by atoms with Crippen molar-refractivity contribution < 1.29 is 57.9 Å². The highest BCUT2D eigenvalue weighted by Crippen LogP contribution is 2.34. The number of esters is 1. The highest BCUT2D eigenvalue weighted by Gasteiger charge is 2.49. The van der Waals surface area contributed by atoms with Crippen LogP contribution in [-0.2, 0) is 42.9 Å². The van der Waals surface area contributed by atoms with Gasteiger partial charge in [0.25, 0.3) is 11.7 Å². The third kappa shape index (κ3) is 15.1. The van der Waals surface area contributed by atoms with E-state index in [9.17, 15) is 39.0 Å². The summed E-state index contributed by atoms with van der Waals surface area (Å²) in [6.07, 6.45) is 14.1. The minimum absolute atomic E-state index is 0.0756. The van der Waals surface area contributed by atoms with E-state index in [2.05, 4.69) is 0 Å². The molecule has 3 aliphatic heterocycles. The van der Waals surface area contributed by atoms with Gasteiger partial charge in [-0.1, -0.05) is 57.2 Å². The number of piperidine rings is 1. The van der Waals surface area contributed by atoms with Crippen LogP contribution in [0, 0.1) is 23.7 Å². The van der Waals surface area contributed by atoms with E-state index in [1.165, 1.54) is 4.90 Å². The number of aliphatic hydroxyl groups excluding tert-OH is 1. The summed E-state index contributed by atoms with van der Waals surface area (Å²) in [5, 5.41) is 22.6. The fraction of sp³-hybridized carbons (Fsp3) is 0.708. The number of primary amides is 1. The average Bonchev–Trinajstić information content (AvgIpc) is 3.23. The molecule has 346 valence electrons. The third-order valence-corrected chi connectivity index (χ3v) is 13.2. The molecule has 3 fully saturated rings. The van der Waals surface area contributed by atoms with E-state index in [0.717, 1.165) is 18.4 Å². The Balaban J connectivity index is 1.60. The van der Waals surface area contributed by atoms with Gasteiger partial charge in [-0.25, -0.2) is 9.59 Å². The smallest absolute Gasteiger partial charge is 0.404 e. The molecule has 14 nitrogen and oxygen atoms in total. The van der Waals surface area contributed by atoms with E-state index in [1.54, 1.807) is 27.0 Å². The number of ketones is 3. The van der Waals surface area contributed by atoms with Crippen LogP contribution < -0.4 is 5.73 Å². The van der Waals surface area contributed by atoms with E-state index >= 15 is 0 Å². The number of ether oxygens (including phenoxy) is 4. The van der Waals surface area contributed by atoms with Crippen molar-refractivity contribution in [3.05, 3.63) is 47.6 Å². The number of amides is 2. The standard InChI is InChI=1S/C48H72N2O12/c1-30-13-8-7-9-14-31(2)43(59-6)28-38-15-12-23-48(58,62-38)44(54)45(55)50-24-11-10-16-39(50)46(56)60-37(22-19-35-17-20-36(21-18-35)61-47(49)57)27-40(51)33(4)26-34(5)42(53)29-41(52)32(3)25-30/h7-9,13-14,26,30,32-33,35-39,42-43,53,58H,10-12,15-25,27-29H2,1-6H3,(H2,49,57)/b9-7?,13-8+,31-14?,34-26+/t30-,32-,33-,35?,36?,37-,38?,39+,42+,43+,48-/m1/s1. The quantitative estimate of drug-likeness (QED) is 0.153. The first kappa shape index (κ1) is 50.7. The van der Waals surface area contributed by atoms with Crippen LogP contribution in [0.1, 0.15) is 137 Å². The zero-order chi connectivity index (χ0) is 45.6. The van der Waals surface area contributed by atoms with Gasteiger partial charge in [0, 0.05) is 51.2 Å². The zero-order valence-corrected chi connectivity index (χ0v) is 37.8. The van der Waals surface area contributed by atoms with Crippen LogP contribution in [0.3, 0.4) is 0 Å². The highest BCUT2D eigenvalue weighted by molar-refractivity contribution is 6.39. The minimum Gasteiger partial charge on any atom is -0.460 e. The number of hydrogen-bond acceptors (Lipinski definition) is 12. The predicted octanol–water partition coefficient (Wildman–Crippen LogP) is 6.54. The summed E-state index contributed by atoms with van der Waals surface area (Å²) in [5.74, 6) is -6.22. The molecule has 0 spiro atoms. The molecule has 1 saturated carbocycles. The Labute approximate surface area is 367 Å².